The Hall–Kier alpha value is -4.85. The molecule has 0 saturated carbocycles. The van der Waals surface area contributed by atoms with Gasteiger partial charge >= 0.3 is 6.18 Å². The first-order chi connectivity index (χ1) is 21.9. The molecule has 0 spiro atoms. The number of benzene rings is 3. The first kappa shape index (κ1) is 35.0. The zero-order valence-electron chi connectivity index (χ0n) is 26.0. The Morgan fingerprint density at radius 2 is 1.55 bits per heavy atom. The van der Waals surface area contributed by atoms with Gasteiger partial charge in [0.1, 0.15) is 0 Å². The van der Waals surface area contributed by atoms with Crippen LogP contribution in [0, 0.1) is 6.92 Å². The van der Waals surface area contributed by atoms with Gasteiger partial charge in [-0.05, 0) is 67.4 Å². The lowest BCUT2D eigenvalue weighted by atomic mass is 9.96. The minimum atomic E-state index is -5.11. The third kappa shape index (κ3) is 8.12. The molecular weight excluding hydrogens is 638 g/mol. The molecule has 1 unspecified atom stereocenters. The van der Waals surface area contributed by atoms with E-state index in [-0.39, 0.29) is 28.5 Å². The van der Waals surface area contributed by atoms with Crippen LogP contribution in [0.5, 0.6) is 0 Å². The molecule has 47 heavy (non-hydrogen) atoms. The van der Waals surface area contributed by atoms with E-state index >= 15 is 0 Å². The molecule has 1 aliphatic rings. The maximum absolute atomic E-state index is 14.3. The maximum atomic E-state index is 14.3. The zero-order valence-corrected chi connectivity index (χ0v) is 26.8. The Morgan fingerprint density at radius 3 is 2.13 bits per heavy atom. The predicted octanol–water partition coefficient (Wildman–Crippen LogP) is 5.57. The van der Waals surface area contributed by atoms with Crippen LogP contribution in [0.1, 0.15) is 34.0 Å². The molecule has 4 rings (SSSR count). The highest BCUT2D eigenvalue weighted by molar-refractivity contribution is 7.91. The van der Waals surface area contributed by atoms with Crippen molar-refractivity contribution in [2.75, 3.05) is 47.2 Å². The fraction of sp³-hybridized carbons (Fsp3) is 0.273. The van der Waals surface area contributed by atoms with Gasteiger partial charge < -0.3 is 26.2 Å². The van der Waals surface area contributed by atoms with Gasteiger partial charge in [0.2, 0.25) is 5.67 Å². The molecule has 1 aliphatic heterocycles. The van der Waals surface area contributed by atoms with Crippen molar-refractivity contribution >= 4 is 44.4 Å². The summed E-state index contributed by atoms with van der Waals surface area (Å²) in [6.07, 6.45) is -3.70. The summed E-state index contributed by atoms with van der Waals surface area (Å²) in [5, 5.41) is 5.65. The number of carbonyl (C=O) groups is 2. The molecule has 0 aliphatic carbocycles. The summed E-state index contributed by atoms with van der Waals surface area (Å²) < 4.78 is 76.8. The number of likely N-dealkylation sites (N-methyl/N-ethyl adjacent to an activating group) is 1. The number of nitrogens with zero attached hydrogens (tertiary/aromatic N) is 2. The summed E-state index contributed by atoms with van der Waals surface area (Å²) in [5.74, 6) is -0.891. The highest BCUT2D eigenvalue weighted by atomic mass is 32.2. The van der Waals surface area contributed by atoms with E-state index in [2.05, 4.69) is 17.2 Å². The molecule has 3 aromatic carbocycles. The lowest BCUT2D eigenvalue weighted by Gasteiger charge is -2.28. The molecule has 2 amide bonds. The number of carbonyl (C=O) groups excluding carboxylic acids is 2. The minimum absolute atomic E-state index is 0.0213. The van der Waals surface area contributed by atoms with Crippen LogP contribution in [0.25, 0.3) is 5.70 Å². The second-order valence-electron chi connectivity index (χ2n) is 11.3. The van der Waals surface area contributed by atoms with Crippen LogP contribution in [0.15, 0.2) is 85.2 Å². The number of alkyl halides is 4. The molecule has 0 aromatic heterocycles. The summed E-state index contributed by atoms with van der Waals surface area (Å²) in [4.78, 5) is 29.1. The first-order valence-electron chi connectivity index (χ1n) is 14.4. The average Bonchev–Trinajstić information content (AvgIpc) is 3.01. The SMILES string of the molecule is C=C(Nc1ccc(N2CCS(=O)(=O)CC2)cc1)C(=O)N(C)/C=C(\N)c1cccc(NC(=O)c2ccc(C(C)(F)C(F)(F)F)cc2)c1C. The third-order valence-electron chi connectivity index (χ3n) is 7.90. The van der Waals surface area contributed by atoms with Crippen LogP contribution in [0.3, 0.4) is 0 Å². The van der Waals surface area contributed by atoms with E-state index in [4.69, 9.17) is 5.73 Å². The molecule has 3 aromatic rings. The standard InChI is InChI=1S/C33H35F4N5O4S/c1-21-27(6-5-7-29(21)40-30(43)23-8-10-24(11-9-23)32(3,34)33(35,36)37)28(38)20-41(4)31(44)22(2)39-25-12-14-26(15-13-25)42-16-18-47(45,46)19-17-42/h5-15,20,39H,2,16-19,38H2,1,3-4H3,(H,40,43)/b28-20-. The first-order valence-corrected chi connectivity index (χ1v) is 16.2. The second-order valence-corrected chi connectivity index (χ2v) is 13.6. The van der Waals surface area contributed by atoms with Crippen LogP contribution in [-0.4, -0.2) is 63.0 Å². The van der Waals surface area contributed by atoms with Gasteiger partial charge in [0.15, 0.2) is 9.84 Å². The van der Waals surface area contributed by atoms with E-state index in [1.165, 1.54) is 18.1 Å². The highest BCUT2D eigenvalue weighted by Gasteiger charge is 2.53. The second kappa shape index (κ2) is 13.5. The number of nitrogens with one attached hydrogen (secondary N) is 2. The number of rotatable bonds is 9. The largest absolute Gasteiger partial charge is 0.426 e. The quantitative estimate of drug-likeness (QED) is 0.200. The molecule has 1 fully saturated rings. The van der Waals surface area contributed by atoms with Crippen LogP contribution in [0.4, 0.5) is 34.6 Å². The molecule has 0 bridgehead atoms. The summed E-state index contributed by atoms with van der Waals surface area (Å²) >= 11 is 0. The normalized spacial score (nSPS) is 16.1. The number of halogens is 4. The van der Waals surface area contributed by atoms with Crippen molar-refractivity contribution < 1.29 is 35.6 Å². The van der Waals surface area contributed by atoms with Gasteiger partial charge in [0, 0.05) is 54.5 Å². The van der Waals surface area contributed by atoms with Crippen molar-refractivity contribution in [1.82, 2.24) is 4.90 Å². The smallest absolute Gasteiger partial charge is 0.397 e. The van der Waals surface area contributed by atoms with Crippen LogP contribution < -0.4 is 21.3 Å². The van der Waals surface area contributed by atoms with Gasteiger partial charge in [-0.2, -0.15) is 13.2 Å². The van der Waals surface area contributed by atoms with E-state index < -0.39 is 39.1 Å². The molecule has 0 radical (unpaired) electrons. The van der Waals surface area contributed by atoms with E-state index in [1.54, 1.807) is 37.3 Å². The fourth-order valence-corrected chi connectivity index (χ4v) is 6.08. The third-order valence-corrected chi connectivity index (χ3v) is 9.51. The molecule has 1 heterocycles. The number of hydrogen-bond donors (Lipinski definition) is 3. The minimum Gasteiger partial charge on any atom is -0.397 e. The Labute approximate surface area is 270 Å². The number of anilines is 3. The monoisotopic (exact) mass is 673 g/mol. The molecule has 9 nitrogen and oxygen atoms in total. The lowest BCUT2D eigenvalue weighted by molar-refractivity contribution is -0.228. The van der Waals surface area contributed by atoms with Crippen molar-refractivity contribution in [2.45, 2.75) is 25.7 Å². The Morgan fingerprint density at radius 1 is 0.957 bits per heavy atom. The van der Waals surface area contributed by atoms with Gasteiger partial charge in [-0.1, -0.05) is 30.8 Å². The van der Waals surface area contributed by atoms with Crippen LogP contribution in [-0.2, 0) is 20.3 Å². The Bertz CT molecular complexity index is 1790. The van der Waals surface area contributed by atoms with Crippen LogP contribution >= 0.6 is 0 Å². The van der Waals surface area contributed by atoms with Gasteiger partial charge in [0.05, 0.1) is 22.9 Å². The van der Waals surface area contributed by atoms with E-state index in [0.717, 1.165) is 30.0 Å². The van der Waals surface area contributed by atoms with Crippen molar-refractivity contribution in [3.05, 3.63) is 107 Å². The van der Waals surface area contributed by atoms with E-state index in [9.17, 15) is 35.6 Å². The zero-order chi connectivity index (χ0) is 34.7. The molecule has 14 heteroatoms. The van der Waals surface area contributed by atoms with E-state index in [0.29, 0.717) is 42.5 Å². The summed E-state index contributed by atoms with van der Waals surface area (Å²) in [7, 11) is -1.49. The van der Waals surface area contributed by atoms with Crippen molar-refractivity contribution in [2.24, 2.45) is 5.73 Å². The van der Waals surface area contributed by atoms with Gasteiger partial charge in [0.25, 0.3) is 11.8 Å². The molecule has 1 saturated heterocycles. The number of amides is 2. The summed E-state index contributed by atoms with van der Waals surface area (Å²) in [6, 6.07) is 16.2. The number of hydrogen-bond acceptors (Lipinski definition) is 7. The number of nitrogens with two attached hydrogens (primary N) is 1. The molecule has 250 valence electrons. The summed E-state index contributed by atoms with van der Waals surface area (Å²) in [5.41, 5.74) is 5.34. The van der Waals surface area contributed by atoms with E-state index in [1.807, 2.05) is 17.0 Å². The summed E-state index contributed by atoms with van der Waals surface area (Å²) in [6.45, 7) is 6.77. The van der Waals surface area contributed by atoms with Gasteiger partial charge in [-0.15, -0.1) is 0 Å². The van der Waals surface area contributed by atoms with Crippen molar-refractivity contribution in [1.29, 1.82) is 0 Å². The molecule has 1 atom stereocenters. The topological polar surface area (TPSA) is 125 Å². The highest BCUT2D eigenvalue weighted by Crippen LogP contribution is 2.42. The lowest BCUT2D eigenvalue weighted by Crippen LogP contribution is -2.40. The molecular formula is C33H35F4N5O4S. The Kier molecular flexibility index (Phi) is 10.0. The van der Waals surface area contributed by atoms with Crippen molar-refractivity contribution in [3.8, 4) is 0 Å². The van der Waals surface area contributed by atoms with Crippen molar-refractivity contribution in [3.63, 3.8) is 0 Å². The van der Waals surface area contributed by atoms with Gasteiger partial charge in [-0.25, -0.2) is 12.8 Å². The predicted molar refractivity (Wildman–Crippen MR) is 175 cm³/mol. The van der Waals surface area contributed by atoms with Crippen LogP contribution in [0.2, 0.25) is 0 Å². The Balaban J connectivity index is 1.39. The number of sulfone groups is 1. The average molecular weight is 674 g/mol. The molecule has 4 N–H and O–H groups in total. The van der Waals surface area contributed by atoms with Gasteiger partial charge in [-0.3, -0.25) is 9.59 Å². The fourth-order valence-electron chi connectivity index (χ4n) is 4.88. The maximum Gasteiger partial charge on any atom is 0.426 e.